The van der Waals surface area contributed by atoms with E-state index in [4.69, 9.17) is 14.3 Å². The number of hydrogen-bond donors (Lipinski definition) is 1. The lowest BCUT2D eigenvalue weighted by Gasteiger charge is -2.33. The zero-order chi connectivity index (χ0) is 24.8. The minimum Gasteiger partial charge on any atom is -0.481 e. The number of rotatable bonds is 5. The third-order valence-corrected chi connectivity index (χ3v) is 6.87. The number of piperidine rings is 1. The molecule has 1 aliphatic heterocycles. The van der Waals surface area contributed by atoms with Gasteiger partial charge in [-0.05, 0) is 49.9 Å². The van der Waals surface area contributed by atoms with E-state index in [2.05, 4.69) is 0 Å². The molecule has 2 heterocycles. The third-order valence-electron chi connectivity index (χ3n) is 5.83. The minimum absolute atomic E-state index is 0.185. The number of likely N-dealkylation sites (tertiary alicyclic amines) is 1. The maximum Gasteiger partial charge on any atom is 0.336 e. The number of fused-ring (bicyclic) bond motifs is 1. The zero-order valence-corrected chi connectivity index (χ0v) is 20.9. The molecular formula is C26H32N2O5S. The Morgan fingerprint density at radius 3 is 2.62 bits per heavy atom. The van der Waals surface area contributed by atoms with Gasteiger partial charge in [-0.2, -0.15) is 0 Å². The topological polar surface area (TPSA) is 103 Å². The largest absolute Gasteiger partial charge is 0.481 e. The van der Waals surface area contributed by atoms with Crippen molar-refractivity contribution >= 4 is 27.9 Å². The van der Waals surface area contributed by atoms with Crippen LogP contribution in [0, 0.1) is 6.92 Å². The van der Waals surface area contributed by atoms with Crippen LogP contribution in [0.4, 0.5) is 0 Å². The van der Waals surface area contributed by atoms with E-state index in [1.54, 1.807) is 24.0 Å². The molecule has 0 saturated carbocycles. The SMILES string of the molecule is CC.Cc1ccccc1-c1cc(=O)oc2cc(OC(C)C(=O)N3CCCC(S(N)=O)C3)ccc12. The molecule has 3 aromatic rings. The Hall–Kier alpha value is -2.97. The Bertz CT molecular complexity index is 1240. The summed E-state index contributed by atoms with van der Waals surface area (Å²) in [4.78, 5) is 26.7. The van der Waals surface area contributed by atoms with Crippen LogP contribution in [-0.2, 0) is 15.8 Å². The molecule has 2 aromatic carbocycles. The van der Waals surface area contributed by atoms with Crippen LogP contribution in [0.1, 0.15) is 39.2 Å². The second-order valence-electron chi connectivity index (χ2n) is 8.09. The third kappa shape index (κ3) is 5.74. The van der Waals surface area contributed by atoms with E-state index >= 15 is 0 Å². The van der Waals surface area contributed by atoms with Crippen molar-refractivity contribution in [2.45, 2.75) is 51.9 Å². The van der Waals surface area contributed by atoms with Crippen LogP contribution in [0.15, 0.2) is 57.7 Å². The molecule has 0 radical (unpaired) electrons. The molecule has 3 atom stereocenters. The highest BCUT2D eigenvalue weighted by molar-refractivity contribution is 7.83. The van der Waals surface area contributed by atoms with Gasteiger partial charge in [-0.25, -0.2) is 9.00 Å². The van der Waals surface area contributed by atoms with Crippen molar-refractivity contribution in [2.24, 2.45) is 5.14 Å². The van der Waals surface area contributed by atoms with Crippen molar-refractivity contribution in [1.29, 1.82) is 0 Å². The number of amides is 1. The minimum atomic E-state index is -1.46. The van der Waals surface area contributed by atoms with Gasteiger partial charge in [0, 0.05) is 36.2 Å². The molecule has 8 heteroatoms. The van der Waals surface area contributed by atoms with Crippen molar-refractivity contribution in [3.63, 3.8) is 0 Å². The number of benzene rings is 2. The van der Waals surface area contributed by atoms with E-state index in [9.17, 15) is 13.8 Å². The quantitative estimate of drug-likeness (QED) is 0.548. The van der Waals surface area contributed by atoms with Crippen molar-refractivity contribution in [2.75, 3.05) is 13.1 Å². The lowest BCUT2D eigenvalue weighted by Crippen LogP contribution is -2.49. The molecule has 4 rings (SSSR count). The number of hydrogen-bond acceptors (Lipinski definition) is 5. The van der Waals surface area contributed by atoms with Gasteiger partial charge in [-0.1, -0.05) is 38.1 Å². The standard InChI is InChI=1S/C24H26N2O5S.C2H6/c1-15-6-3-4-8-19(15)21-13-23(27)31-22-12-17(9-10-20(21)22)30-16(2)24(28)26-11-5-7-18(14-26)32(25)29;1-2/h3-4,6,8-10,12-13,16,18H,5,7,11,14,25H2,1-2H3;1-2H3. The summed E-state index contributed by atoms with van der Waals surface area (Å²) in [7, 11) is -1.46. The molecule has 0 spiro atoms. The monoisotopic (exact) mass is 484 g/mol. The van der Waals surface area contributed by atoms with Crippen LogP contribution >= 0.6 is 0 Å². The van der Waals surface area contributed by atoms with Gasteiger partial charge in [-0.15, -0.1) is 0 Å². The molecule has 1 amide bonds. The van der Waals surface area contributed by atoms with Gasteiger partial charge >= 0.3 is 5.63 Å². The maximum atomic E-state index is 12.9. The molecule has 3 unspecified atom stereocenters. The lowest BCUT2D eigenvalue weighted by molar-refractivity contribution is -0.138. The van der Waals surface area contributed by atoms with Crippen LogP contribution < -0.4 is 15.5 Å². The Kier molecular flexibility index (Phi) is 8.63. The molecule has 34 heavy (non-hydrogen) atoms. The van der Waals surface area contributed by atoms with E-state index < -0.39 is 22.7 Å². The number of ether oxygens (including phenoxy) is 1. The first kappa shape index (κ1) is 25.6. The van der Waals surface area contributed by atoms with Crippen LogP contribution in [0.3, 0.4) is 0 Å². The van der Waals surface area contributed by atoms with Crippen LogP contribution in [0.5, 0.6) is 5.75 Å². The lowest BCUT2D eigenvalue weighted by atomic mass is 9.98. The van der Waals surface area contributed by atoms with E-state index in [0.717, 1.165) is 34.9 Å². The highest BCUT2D eigenvalue weighted by atomic mass is 32.2. The van der Waals surface area contributed by atoms with Gasteiger partial charge in [0.15, 0.2) is 6.10 Å². The normalized spacial score (nSPS) is 17.4. The first-order valence-electron chi connectivity index (χ1n) is 11.6. The van der Waals surface area contributed by atoms with Crippen molar-refractivity contribution < 1.29 is 18.2 Å². The highest BCUT2D eigenvalue weighted by Gasteiger charge is 2.29. The van der Waals surface area contributed by atoms with Crippen LogP contribution in [-0.4, -0.2) is 39.5 Å². The molecule has 1 aromatic heterocycles. The molecule has 1 saturated heterocycles. The highest BCUT2D eigenvalue weighted by Crippen LogP contribution is 2.31. The summed E-state index contributed by atoms with van der Waals surface area (Å²) in [5.41, 5.74) is 2.74. The van der Waals surface area contributed by atoms with Crippen LogP contribution in [0.2, 0.25) is 0 Å². The predicted octanol–water partition coefficient (Wildman–Crippen LogP) is 4.18. The van der Waals surface area contributed by atoms with E-state index in [0.29, 0.717) is 24.4 Å². The summed E-state index contributed by atoms with van der Waals surface area (Å²) in [6.07, 6.45) is 0.757. The van der Waals surface area contributed by atoms with E-state index in [-0.39, 0.29) is 11.2 Å². The predicted molar refractivity (Wildman–Crippen MR) is 136 cm³/mol. The number of nitrogens with two attached hydrogens (primary N) is 1. The van der Waals surface area contributed by atoms with Gasteiger partial charge in [0.25, 0.3) is 5.91 Å². The molecule has 1 fully saturated rings. The average molecular weight is 485 g/mol. The summed E-state index contributed by atoms with van der Waals surface area (Å²) in [6, 6.07) is 14.6. The smallest absolute Gasteiger partial charge is 0.336 e. The molecule has 182 valence electrons. The molecule has 0 bridgehead atoms. The molecular weight excluding hydrogens is 452 g/mol. The maximum absolute atomic E-state index is 12.9. The average Bonchev–Trinajstić information content (AvgIpc) is 2.84. The summed E-state index contributed by atoms with van der Waals surface area (Å²) in [5, 5.41) is 6.10. The van der Waals surface area contributed by atoms with Gasteiger partial charge in [-0.3, -0.25) is 9.93 Å². The van der Waals surface area contributed by atoms with Crippen molar-refractivity contribution in [1.82, 2.24) is 4.90 Å². The summed E-state index contributed by atoms with van der Waals surface area (Å²) >= 11 is 0. The Labute approximate surface area is 202 Å². The van der Waals surface area contributed by atoms with Crippen LogP contribution in [0.25, 0.3) is 22.1 Å². The second-order valence-corrected chi connectivity index (χ2v) is 9.41. The number of nitrogens with zero attached hydrogens (tertiary/aromatic N) is 1. The first-order valence-corrected chi connectivity index (χ1v) is 12.9. The molecule has 2 N–H and O–H groups in total. The molecule has 7 nitrogen and oxygen atoms in total. The molecule has 0 aliphatic carbocycles. The zero-order valence-electron chi connectivity index (χ0n) is 20.1. The van der Waals surface area contributed by atoms with Gasteiger partial charge in [0.05, 0.1) is 16.2 Å². The van der Waals surface area contributed by atoms with Crippen molar-refractivity contribution in [3.8, 4) is 16.9 Å². The number of aryl methyl sites for hydroxylation is 1. The van der Waals surface area contributed by atoms with E-state index in [1.807, 2.05) is 51.1 Å². The summed E-state index contributed by atoms with van der Waals surface area (Å²) < 4.78 is 22.9. The molecule has 1 aliphatic rings. The summed E-state index contributed by atoms with van der Waals surface area (Å²) in [5.74, 6) is 0.245. The fourth-order valence-corrected chi connectivity index (χ4v) is 4.88. The van der Waals surface area contributed by atoms with Gasteiger partial charge in [0.2, 0.25) is 0 Å². The Morgan fingerprint density at radius 1 is 1.18 bits per heavy atom. The fraction of sp³-hybridized carbons (Fsp3) is 0.385. The van der Waals surface area contributed by atoms with Crippen molar-refractivity contribution in [3.05, 3.63) is 64.5 Å². The number of carbonyl (C=O) groups is 1. The van der Waals surface area contributed by atoms with E-state index in [1.165, 1.54) is 6.07 Å². The van der Waals surface area contributed by atoms with Gasteiger partial charge < -0.3 is 14.1 Å². The summed E-state index contributed by atoms with van der Waals surface area (Å²) in [6.45, 7) is 8.62. The van der Waals surface area contributed by atoms with Gasteiger partial charge in [0.1, 0.15) is 11.3 Å². The first-order chi connectivity index (χ1) is 16.3. The Balaban J connectivity index is 0.00000158. The Morgan fingerprint density at radius 2 is 1.91 bits per heavy atom. The number of carbonyl (C=O) groups excluding carboxylic acids is 1. The fourth-order valence-electron chi connectivity index (χ4n) is 4.15. The second kappa shape index (κ2) is 11.4.